The summed E-state index contributed by atoms with van der Waals surface area (Å²) in [6, 6.07) is 5.33. The van der Waals surface area contributed by atoms with Crippen LogP contribution in [0.15, 0.2) is 22.7 Å². The van der Waals surface area contributed by atoms with Gasteiger partial charge in [0, 0.05) is 16.6 Å². The van der Waals surface area contributed by atoms with Gasteiger partial charge >= 0.3 is 0 Å². The lowest BCUT2D eigenvalue weighted by atomic mass is 10.1. The molecule has 0 spiro atoms. The third-order valence-corrected chi connectivity index (χ3v) is 3.43. The Labute approximate surface area is 122 Å². The molecule has 0 radical (unpaired) electrons. The van der Waals surface area contributed by atoms with E-state index in [4.69, 9.17) is 0 Å². The van der Waals surface area contributed by atoms with Gasteiger partial charge in [-0.2, -0.15) is 0 Å². The smallest absolute Gasteiger partial charge is 0.251 e. The van der Waals surface area contributed by atoms with E-state index < -0.39 is 0 Å². The van der Waals surface area contributed by atoms with Gasteiger partial charge in [0.15, 0.2) is 0 Å². The average molecular weight is 327 g/mol. The fourth-order valence-corrected chi connectivity index (χ4v) is 1.68. The van der Waals surface area contributed by atoms with E-state index >= 15 is 0 Å². The minimum Gasteiger partial charge on any atom is -0.354 e. The van der Waals surface area contributed by atoms with Crippen LogP contribution in [0, 0.1) is 12.8 Å². The van der Waals surface area contributed by atoms with Crippen molar-refractivity contribution >= 4 is 27.7 Å². The molecule has 1 rings (SSSR count). The van der Waals surface area contributed by atoms with Crippen molar-refractivity contribution in [1.29, 1.82) is 0 Å². The Morgan fingerprint density at radius 3 is 2.53 bits per heavy atom. The summed E-state index contributed by atoms with van der Waals surface area (Å²) in [5.41, 5.74) is 1.54. The van der Waals surface area contributed by atoms with Gasteiger partial charge in [-0.05, 0) is 36.6 Å². The molecule has 0 bridgehead atoms. The van der Waals surface area contributed by atoms with Crippen molar-refractivity contribution in [3.8, 4) is 0 Å². The molecule has 2 N–H and O–H groups in total. The summed E-state index contributed by atoms with van der Waals surface area (Å²) in [4.78, 5) is 23.3. The van der Waals surface area contributed by atoms with Crippen LogP contribution in [0.5, 0.6) is 0 Å². The Kier molecular flexibility index (Phi) is 6.02. The number of carbonyl (C=O) groups excluding carboxylic acids is 2. The molecule has 0 aromatic heterocycles. The first-order valence-corrected chi connectivity index (χ1v) is 7.00. The molecule has 104 valence electrons. The highest BCUT2D eigenvalue weighted by Crippen LogP contribution is 2.16. The monoisotopic (exact) mass is 326 g/mol. The van der Waals surface area contributed by atoms with Crippen molar-refractivity contribution in [2.45, 2.75) is 20.8 Å². The Bertz CT molecular complexity index is 473. The molecule has 0 aliphatic rings. The van der Waals surface area contributed by atoms with E-state index in [1.165, 1.54) is 0 Å². The number of halogens is 1. The van der Waals surface area contributed by atoms with Crippen LogP contribution >= 0.6 is 15.9 Å². The van der Waals surface area contributed by atoms with Crippen molar-refractivity contribution < 1.29 is 9.59 Å². The minimum absolute atomic E-state index is 0.000660. The number of benzene rings is 1. The van der Waals surface area contributed by atoms with Gasteiger partial charge in [0.1, 0.15) is 0 Å². The van der Waals surface area contributed by atoms with E-state index in [2.05, 4.69) is 26.6 Å². The van der Waals surface area contributed by atoms with E-state index in [9.17, 15) is 9.59 Å². The predicted octanol–water partition coefficient (Wildman–Crippen LogP) is 2.26. The van der Waals surface area contributed by atoms with Gasteiger partial charge < -0.3 is 10.6 Å². The van der Waals surface area contributed by atoms with Crippen LogP contribution in [0.3, 0.4) is 0 Å². The fraction of sp³-hybridized carbons (Fsp3) is 0.429. The lowest BCUT2D eigenvalue weighted by molar-refractivity contribution is -0.120. The largest absolute Gasteiger partial charge is 0.354 e. The second-order valence-corrected chi connectivity index (χ2v) is 5.70. The summed E-state index contributed by atoms with van der Waals surface area (Å²) in [6.07, 6.45) is 0. The maximum Gasteiger partial charge on any atom is 0.251 e. The standard InChI is InChI=1S/C14H19BrN2O2/c1-9(2)7-16-13(18)8-17-14(19)11-4-5-12(15)10(3)6-11/h4-6,9H,7-8H2,1-3H3,(H,16,18)(H,17,19). The maximum atomic E-state index is 11.8. The Balaban J connectivity index is 2.47. The first kappa shape index (κ1) is 15.7. The van der Waals surface area contributed by atoms with Crippen molar-refractivity contribution in [3.63, 3.8) is 0 Å². The van der Waals surface area contributed by atoms with Crippen LogP contribution in [0.25, 0.3) is 0 Å². The van der Waals surface area contributed by atoms with Crippen molar-refractivity contribution in [2.24, 2.45) is 5.92 Å². The molecule has 2 amide bonds. The van der Waals surface area contributed by atoms with Gasteiger partial charge in [0.05, 0.1) is 6.54 Å². The van der Waals surface area contributed by atoms with Crippen LogP contribution in [-0.4, -0.2) is 24.9 Å². The molecule has 0 heterocycles. The molecule has 1 aromatic carbocycles. The van der Waals surface area contributed by atoms with E-state index in [1.807, 2.05) is 26.8 Å². The van der Waals surface area contributed by atoms with Crippen molar-refractivity contribution in [1.82, 2.24) is 10.6 Å². The van der Waals surface area contributed by atoms with Crippen LogP contribution in [0.1, 0.15) is 29.8 Å². The zero-order chi connectivity index (χ0) is 14.4. The number of rotatable bonds is 5. The number of aryl methyl sites for hydroxylation is 1. The van der Waals surface area contributed by atoms with Crippen LogP contribution in [0.2, 0.25) is 0 Å². The zero-order valence-corrected chi connectivity index (χ0v) is 13.0. The highest BCUT2D eigenvalue weighted by Gasteiger charge is 2.09. The van der Waals surface area contributed by atoms with Crippen LogP contribution < -0.4 is 10.6 Å². The van der Waals surface area contributed by atoms with Gasteiger partial charge in [-0.3, -0.25) is 9.59 Å². The van der Waals surface area contributed by atoms with Crippen LogP contribution in [-0.2, 0) is 4.79 Å². The molecule has 5 heteroatoms. The molecular weight excluding hydrogens is 308 g/mol. The second kappa shape index (κ2) is 7.28. The maximum absolute atomic E-state index is 11.8. The molecule has 0 saturated heterocycles. The molecule has 0 fully saturated rings. The Hall–Kier alpha value is -1.36. The van der Waals surface area contributed by atoms with Crippen molar-refractivity contribution in [2.75, 3.05) is 13.1 Å². The Morgan fingerprint density at radius 1 is 1.26 bits per heavy atom. The molecule has 0 saturated carbocycles. The number of amides is 2. The third-order valence-electron chi connectivity index (χ3n) is 2.54. The summed E-state index contributed by atoms with van der Waals surface area (Å²) < 4.78 is 0.957. The molecule has 4 nitrogen and oxygen atoms in total. The lowest BCUT2D eigenvalue weighted by Crippen LogP contribution is -2.38. The van der Waals surface area contributed by atoms with Crippen molar-refractivity contribution in [3.05, 3.63) is 33.8 Å². The highest BCUT2D eigenvalue weighted by atomic mass is 79.9. The van der Waals surface area contributed by atoms with E-state index in [0.29, 0.717) is 18.0 Å². The number of nitrogens with one attached hydrogen (secondary N) is 2. The third kappa shape index (κ3) is 5.42. The first-order valence-electron chi connectivity index (χ1n) is 6.21. The molecule has 19 heavy (non-hydrogen) atoms. The van der Waals surface area contributed by atoms with E-state index in [-0.39, 0.29) is 18.4 Å². The SMILES string of the molecule is Cc1cc(C(=O)NCC(=O)NCC(C)C)ccc1Br. The van der Waals surface area contributed by atoms with Crippen LogP contribution in [0.4, 0.5) is 0 Å². The van der Waals surface area contributed by atoms with Gasteiger partial charge in [0.25, 0.3) is 5.91 Å². The zero-order valence-electron chi connectivity index (χ0n) is 11.4. The average Bonchev–Trinajstić information content (AvgIpc) is 2.36. The number of hydrogen-bond acceptors (Lipinski definition) is 2. The predicted molar refractivity (Wildman–Crippen MR) is 79.1 cm³/mol. The number of carbonyl (C=O) groups is 2. The summed E-state index contributed by atoms with van der Waals surface area (Å²) in [6.45, 7) is 6.57. The van der Waals surface area contributed by atoms with Gasteiger partial charge in [0.2, 0.25) is 5.91 Å². The lowest BCUT2D eigenvalue weighted by Gasteiger charge is -2.09. The topological polar surface area (TPSA) is 58.2 Å². The summed E-state index contributed by atoms with van der Waals surface area (Å²) in [5, 5.41) is 5.35. The normalized spacial score (nSPS) is 10.4. The summed E-state index contributed by atoms with van der Waals surface area (Å²) >= 11 is 3.38. The molecule has 0 atom stereocenters. The van der Waals surface area contributed by atoms with Gasteiger partial charge in [-0.25, -0.2) is 0 Å². The molecule has 0 aliphatic carbocycles. The van der Waals surface area contributed by atoms with Gasteiger partial charge in [-0.1, -0.05) is 29.8 Å². The second-order valence-electron chi connectivity index (χ2n) is 4.84. The summed E-state index contributed by atoms with van der Waals surface area (Å²) in [5.74, 6) is -0.0139. The molecule has 0 aliphatic heterocycles. The first-order chi connectivity index (χ1) is 8.90. The molecular formula is C14H19BrN2O2. The van der Waals surface area contributed by atoms with E-state index in [0.717, 1.165) is 10.0 Å². The minimum atomic E-state index is -0.240. The van der Waals surface area contributed by atoms with E-state index in [1.54, 1.807) is 12.1 Å². The fourth-order valence-electron chi connectivity index (χ4n) is 1.43. The Morgan fingerprint density at radius 2 is 1.95 bits per heavy atom. The molecule has 0 unspecified atom stereocenters. The number of hydrogen-bond donors (Lipinski definition) is 2. The quantitative estimate of drug-likeness (QED) is 0.872. The summed E-state index contributed by atoms with van der Waals surface area (Å²) in [7, 11) is 0. The highest BCUT2D eigenvalue weighted by molar-refractivity contribution is 9.10. The van der Waals surface area contributed by atoms with Gasteiger partial charge in [-0.15, -0.1) is 0 Å². The molecule has 1 aromatic rings.